The first-order chi connectivity index (χ1) is 6.09. The molecule has 3 nitrogen and oxygen atoms in total. The molecule has 0 saturated heterocycles. The maximum absolute atomic E-state index is 4.98. The Bertz CT molecular complexity index is 298. The van der Waals surface area contributed by atoms with Gasteiger partial charge in [0.2, 0.25) is 0 Å². The molecule has 0 bridgehead atoms. The van der Waals surface area contributed by atoms with E-state index in [4.69, 9.17) is 4.52 Å². The Morgan fingerprint density at radius 2 is 2.31 bits per heavy atom. The van der Waals surface area contributed by atoms with Gasteiger partial charge in [-0.3, -0.25) is 0 Å². The van der Waals surface area contributed by atoms with E-state index < -0.39 is 0 Å². The Morgan fingerprint density at radius 1 is 1.54 bits per heavy atom. The van der Waals surface area contributed by atoms with Crippen molar-refractivity contribution in [2.75, 3.05) is 11.9 Å². The quantitative estimate of drug-likeness (QED) is 0.667. The summed E-state index contributed by atoms with van der Waals surface area (Å²) < 4.78 is 4.98. The van der Waals surface area contributed by atoms with Crippen LogP contribution in [0.15, 0.2) is 10.8 Å². The van der Waals surface area contributed by atoms with Gasteiger partial charge in [0, 0.05) is 12.1 Å². The second-order valence-electron chi connectivity index (χ2n) is 4.75. The van der Waals surface area contributed by atoms with Gasteiger partial charge in [-0.2, -0.15) is 0 Å². The Kier molecular flexibility index (Phi) is 1.82. The molecule has 0 radical (unpaired) electrons. The van der Waals surface area contributed by atoms with Crippen molar-refractivity contribution in [1.82, 2.24) is 5.16 Å². The van der Waals surface area contributed by atoms with E-state index in [2.05, 4.69) is 31.2 Å². The molecule has 0 fully saturated rings. The summed E-state index contributed by atoms with van der Waals surface area (Å²) in [5.74, 6) is 1.50. The molecule has 3 heteroatoms. The number of rotatable bonds is 0. The first-order valence-electron chi connectivity index (χ1n) is 4.77. The van der Waals surface area contributed by atoms with Crippen molar-refractivity contribution in [3.8, 4) is 0 Å². The van der Waals surface area contributed by atoms with Crippen LogP contribution in [0.3, 0.4) is 0 Å². The van der Waals surface area contributed by atoms with Crippen molar-refractivity contribution < 1.29 is 4.52 Å². The number of nitrogens with one attached hydrogen (secondary N) is 1. The fourth-order valence-corrected chi connectivity index (χ4v) is 2.02. The van der Waals surface area contributed by atoms with E-state index in [1.165, 1.54) is 5.56 Å². The van der Waals surface area contributed by atoms with Crippen LogP contribution in [-0.2, 0) is 0 Å². The summed E-state index contributed by atoms with van der Waals surface area (Å²) in [6.07, 6.45) is 2.94. The molecule has 2 heterocycles. The fourth-order valence-electron chi connectivity index (χ4n) is 2.02. The maximum Gasteiger partial charge on any atom is 0.172 e. The molecule has 1 N–H and O–H groups in total. The number of hydrogen-bond acceptors (Lipinski definition) is 3. The lowest BCUT2D eigenvalue weighted by Crippen LogP contribution is -2.25. The standard InChI is InChI=1S/C10H16N2O/c1-10(2,3)8-4-5-11-9-7(8)6-13-12-9/h6,8H,4-5H2,1-3H3,(H,11,12). The predicted octanol–water partition coefficient (Wildman–Crippen LogP) is 2.62. The van der Waals surface area contributed by atoms with Crippen LogP contribution in [0.1, 0.15) is 38.7 Å². The lowest BCUT2D eigenvalue weighted by atomic mass is 9.74. The SMILES string of the molecule is CC(C)(C)C1CCNc2nocc21. The van der Waals surface area contributed by atoms with Gasteiger partial charge in [0.25, 0.3) is 0 Å². The first-order valence-corrected chi connectivity index (χ1v) is 4.77. The molecule has 0 aromatic carbocycles. The third-order valence-electron chi connectivity index (χ3n) is 2.74. The normalized spacial score (nSPS) is 22.2. The van der Waals surface area contributed by atoms with Gasteiger partial charge in [-0.05, 0) is 17.8 Å². The van der Waals surface area contributed by atoms with Gasteiger partial charge in [-0.25, -0.2) is 0 Å². The number of fused-ring (bicyclic) bond motifs is 1. The Morgan fingerprint density at radius 3 is 3.00 bits per heavy atom. The molecule has 0 amide bonds. The minimum absolute atomic E-state index is 0.294. The summed E-state index contributed by atoms with van der Waals surface area (Å²) in [5.41, 5.74) is 1.53. The van der Waals surface area contributed by atoms with Gasteiger partial charge >= 0.3 is 0 Å². The van der Waals surface area contributed by atoms with E-state index in [0.29, 0.717) is 11.3 Å². The van der Waals surface area contributed by atoms with E-state index in [1.54, 1.807) is 6.26 Å². The highest BCUT2D eigenvalue weighted by Gasteiger charge is 2.32. The minimum Gasteiger partial charge on any atom is -0.367 e. The molecular formula is C10H16N2O. The highest BCUT2D eigenvalue weighted by atomic mass is 16.5. The zero-order chi connectivity index (χ0) is 9.47. The van der Waals surface area contributed by atoms with Crippen LogP contribution in [0.2, 0.25) is 0 Å². The third kappa shape index (κ3) is 1.43. The van der Waals surface area contributed by atoms with Crippen molar-refractivity contribution in [1.29, 1.82) is 0 Å². The van der Waals surface area contributed by atoms with E-state index in [1.807, 2.05) is 0 Å². The monoisotopic (exact) mass is 180 g/mol. The smallest absolute Gasteiger partial charge is 0.172 e. The van der Waals surface area contributed by atoms with Crippen molar-refractivity contribution >= 4 is 5.82 Å². The summed E-state index contributed by atoms with van der Waals surface area (Å²) >= 11 is 0. The molecule has 0 saturated carbocycles. The lowest BCUT2D eigenvalue weighted by molar-refractivity contribution is 0.304. The largest absolute Gasteiger partial charge is 0.367 e. The summed E-state index contributed by atoms with van der Waals surface area (Å²) in [6, 6.07) is 0. The number of aromatic nitrogens is 1. The first kappa shape index (κ1) is 8.60. The fraction of sp³-hybridized carbons (Fsp3) is 0.700. The van der Waals surface area contributed by atoms with Crippen LogP contribution in [0.5, 0.6) is 0 Å². The summed E-state index contributed by atoms with van der Waals surface area (Å²) in [5, 5.41) is 7.17. The molecular weight excluding hydrogens is 164 g/mol. The van der Waals surface area contributed by atoms with Crippen LogP contribution in [0.25, 0.3) is 0 Å². The molecule has 72 valence electrons. The Hall–Kier alpha value is -0.990. The average Bonchev–Trinajstić information content (AvgIpc) is 2.48. The van der Waals surface area contributed by atoms with Crippen molar-refractivity contribution in [3.63, 3.8) is 0 Å². The topological polar surface area (TPSA) is 38.1 Å². The number of hydrogen-bond donors (Lipinski definition) is 1. The average molecular weight is 180 g/mol. The molecule has 1 aromatic rings. The molecule has 0 spiro atoms. The van der Waals surface area contributed by atoms with E-state index >= 15 is 0 Å². The molecule has 1 aliphatic heterocycles. The van der Waals surface area contributed by atoms with Crippen LogP contribution < -0.4 is 5.32 Å². The number of nitrogens with zero attached hydrogens (tertiary/aromatic N) is 1. The molecule has 1 atom stereocenters. The van der Waals surface area contributed by atoms with Gasteiger partial charge in [-0.1, -0.05) is 25.9 Å². The Balaban J connectivity index is 2.35. The maximum atomic E-state index is 4.98. The summed E-state index contributed by atoms with van der Waals surface area (Å²) in [6.45, 7) is 7.79. The zero-order valence-electron chi connectivity index (χ0n) is 8.42. The highest BCUT2D eigenvalue weighted by molar-refractivity contribution is 5.46. The molecule has 1 unspecified atom stereocenters. The summed E-state index contributed by atoms with van der Waals surface area (Å²) in [4.78, 5) is 0. The van der Waals surface area contributed by atoms with Crippen molar-refractivity contribution in [2.24, 2.45) is 5.41 Å². The molecule has 1 aromatic heterocycles. The predicted molar refractivity (Wildman–Crippen MR) is 51.8 cm³/mol. The van der Waals surface area contributed by atoms with E-state index in [0.717, 1.165) is 18.8 Å². The van der Waals surface area contributed by atoms with Gasteiger partial charge in [0.15, 0.2) is 5.82 Å². The second-order valence-corrected chi connectivity index (χ2v) is 4.75. The second kappa shape index (κ2) is 2.76. The molecule has 13 heavy (non-hydrogen) atoms. The zero-order valence-corrected chi connectivity index (χ0v) is 8.42. The van der Waals surface area contributed by atoms with Crippen molar-refractivity contribution in [3.05, 3.63) is 11.8 Å². The number of anilines is 1. The van der Waals surface area contributed by atoms with Crippen LogP contribution >= 0.6 is 0 Å². The Labute approximate surface area is 78.5 Å². The summed E-state index contributed by atoms with van der Waals surface area (Å²) in [7, 11) is 0. The highest BCUT2D eigenvalue weighted by Crippen LogP contribution is 2.42. The third-order valence-corrected chi connectivity index (χ3v) is 2.74. The van der Waals surface area contributed by atoms with Gasteiger partial charge in [-0.15, -0.1) is 0 Å². The van der Waals surface area contributed by atoms with Gasteiger partial charge in [0.1, 0.15) is 6.26 Å². The van der Waals surface area contributed by atoms with Gasteiger partial charge in [0.05, 0.1) is 0 Å². The van der Waals surface area contributed by atoms with Gasteiger partial charge < -0.3 is 9.84 Å². The van der Waals surface area contributed by atoms with Crippen LogP contribution in [-0.4, -0.2) is 11.7 Å². The minimum atomic E-state index is 0.294. The van der Waals surface area contributed by atoms with E-state index in [-0.39, 0.29) is 0 Å². The van der Waals surface area contributed by atoms with E-state index in [9.17, 15) is 0 Å². The van der Waals surface area contributed by atoms with Crippen LogP contribution in [0, 0.1) is 5.41 Å². The van der Waals surface area contributed by atoms with Crippen molar-refractivity contribution in [2.45, 2.75) is 33.1 Å². The lowest BCUT2D eigenvalue weighted by Gasteiger charge is -2.33. The molecule has 0 aliphatic carbocycles. The van der Waals surface area contributed by atoms with Crippen LogP contribution in [0.4, 0.5) is 5.82 Å². The molecule has 1 aliphatic rings. The molecule has 2 rings (SSSR count).